The molecule has 0 saturated carbocycles. The van der Waals surface area contributed by atoms with Crippen LogP contribution in [0.1, 0.15) is 13.3 Å². The van der Waals surface area contributed by atoms with E-state index < -0.39 is 9.84 Å². The molecule has 2 N–H and O–H groups in total. The molecule has 3 nitrogen and oxygen atoms in total. The van der Waals surface area contributed by atoms with Gasteiger partial charge in [0.1, 0.15) is 0 Å². The summed E-state index contributed by atoms with van der Waals surface area (Å²) >= 11 is 4.93. The molecule has 0 amide bonds. The first-order chi connectivity index (χ1) is 8.42. The molecular formula is C12H18BrNO2S2. The van der Waals surface area contributed by atoms with Crippen LogP contribution in [0.2, 0.25) is 0 Å². The highest BCUT2D eigenvalue weighted by molar-refractivity contribution is 9.10. The van der Waals surface area contributed by atoms with Gasteiger partial charge < -0.3 is 5.73 Å². The Kier molecular flexibility index (Phi) is 6.70. The van der Waals surface area contributed by atoms with Gasteiger partial charge in [0.05, 0.1) is 10.6 Å². The Hall–Kier alpha value is -0.0400. The van der Waals surface area contributed by atoms with Gasteiger partial charge in [0.25, 0.3) is 0 Å². The molecule has 1 atom stereocenters. The second kappa shape index (κ2) is 7.53. The molecule has 0 bridgehead atoms. The van der Waals surface area contributed by atoms with Crippen molar-refractivity contribution in [3.8, 4) is 0 Å². The Morgan fingerprint density at radius 3 is 2.44 bits per heavy atom. The van der Waals surface area contributed by atoms with Gasteiger partial charge in [0, 0.05) is 16.3 Å². The summed E-state index contributed by atoms with van der Waals surface area (Å²) in [7, 11) is -3.15. The Balaban J connectivity index is 2.43. The van der Waals surface area contributed by atoms with Gasteiger partial charge in [-0.25, -0.2) is 8.42 Å². The van der Waals surface area contributed by atoms with Crippen LogP contribution in [0, 0.1) is 0 Å². The smallest absolute Gasteiger partial charge is 0.179 e. The molecule has 0 fully saturated rings. The lowest BCUT2D eigenvalue weighted by molar-refractivity contribution is 0.597. The van der Waals surface area contributed by atoms with Crippen LogP contribution >= 0.6 is 27.7 Å². The van der Waals surface area contributed by atoms with Gasteiger partial charge in [-0.15, -0.1) is 0 Å². The molecule has 0 aliphatic rings. The quantitative estimate of drug-likeness (QED) is 0.767. The maximum absolute atomic E-state index is 12.0. The summed E-state index contributed by atoms with van der Waals surface area (Å²) in [6.07, 6.45) is 0.920. The van der Waals surface area contributed by atoms with E-state index in [9.17, 15) is 8.42 Å². The van der Waals surface area contributed by atoms with E-state index in [-0.39, 0.29) is 11.8 Å². The first-order valence-electron chi connectivity index (χ1n) is 5.73. The molecule has 0 aromatic heterocycles. The Morgan fingerprint density at radius 2 is 1.89 bits per heavy atom. The van der Waals surface area contributed by atoms with Gasteiger partial charge in [0.15, 0.2) is 9.84 Å². The van der Waals surface area contributed by atoms with E-state index in [0.717, 1.165) is 16.6 Å². The monoisotopic (exact) mass is 351 g/mol. The highest BCUT2D eigenvalue weighted by atomic mass is 79.9. The summed E-state index contributed by atoms with van der Waals surface area (Å²) < 4.78 is 24.9. The van der Waals surface area contributed by atoms with Crippen molar-refractivity contribution in [2.75, 3.05) is 17.3 Å². The van der Waals surface area contributed by atoms with Crippen LogP contribution in [-0.4, -0.2) is 31.7 Å². The zero-order chi connectivity index (χ0) is 13.6. The van der Waals surface area contributed by atoms with Crippen LogP contribution in [0.4, 0.5) is 0 Å². The summed E-state index contributed by atoms with van der Waals surface area (Å²) in [5.74, 6) is 1.71. The first kappa shape index (κ1) is 16.0. The molecule has 1 unspecified atom stereocenters. The normalized spacial score (nSPS) is 13.5. The summed E-state index contributed by atoms with van der Waals surface area (Å²) in [6, 6.07) is 6.94. The third kappa shape index (κ3) is 5.73. The highest BCUT2D eigenvalue weighted by Gasteiger charge is 2.13. The van der Waals surface area contributed by atoms with Crippen molar-refractivity contribution < 1.29 is 8.42 Å². The minimum Gasteiger partial charge on any atom is -0.328 e. The van der Waals surface area contributed by atoms with Crippen LogP contribution in [0.5, 0.6) is 0 Å². The van der Waals surface area contributed by atoms with E-state index in [2.05, 4.69) is 15.9 Å². The summed E-state index contributed by atoms with van der Waals surface area (Å²) in [5.41, 5.74) is 5.63. The summed E-state index contributed by atoms with van der Waals surface area (Å²) in [5, 5.41) is 0. The minimum absolute atomic E-state index is 0.179. The number of benzene rings is 1. The van der Waals surface area contributed by atoms with Gasteiger partial charge in [-0.3, -0.25) is 0 Å². The zero-order valence-corrected chi connectivity index (χ0v) is 13.5. The van der Waals surface area contributed by atoms with Gasteiger partial charge in [0.2, 0.25) is 0 Å². The molecule has 0 saturated heterocycles. The number of sulfone groups is 1. The summed E-state index contributed by atoms with van der Waals surface area (Å²) in [4.78, 5) is 0.387. The van der Waals surface area contributed by atoms with Gasteiger partial charge >= 0.3 is 0 Å². The molecule has 0 heterocycles. The van der Waals surface area contributed by atoms with Crippen molar-refractivity contribution in [2.45, 2.75) is 24.3 Å². The van der Waals surface area contributed by atoms with Crippen molar-refractivity contribution in [2.24, 2.45) is 5.73 Å². The molecule has 1 aromatic carbocycles. The van der Waals surface area contributed by atoms with Crippen LogP contribution < -0.4 is 5.73 Å². The molecule has 1 rings (SSSR count). The third-order valence-electron chi connectivity index (χ3n) is 2.39. The fourth-order valence-corrected chi connectivity index (χ4v) is 4.44. The topological polar surface area (TPSA) is 60.2 Å². The molecule has 0 spiro atoms. The van der Waals surface area contributed by atoms with E-state index >= 15 is 0 Å². The van der Waals surface area contributed by atoms with Gasteiger partial charge in [-0.2, -0.15) is 11.8 Å². The molecule has 0 aliphatic carbocycles. The van der Waals surface area contributed by atoms with Crippen molar-refractivity contribution in [3.63, 3.8) is 0 Å². The standard InChI is InChI=1S/C12H18BrNO2S2/c1-10(14)6-7-17-8-9-18(15,16)12-4-2-11(13)3-5-12/h2-5,10H,6-9,14H2,1H3. The second-order valence-corrected chi connectivity index (χ2v) is 8.40. The number of thioether (sulfide) groups is 1. The van der Waals surface area contributed by atoms with Crippen molar-refractivity contribution in [1.82, 2.24) is 0 Å². The first-order valence-corrected chi connectivity index (χ1v) is 9.33. The van der Waals surface area contributed by atoms with Crippen molar-refractivity contribution >= 4 is 37.5 Å². The minimum atomic E-state index is -3.15. The largest absolute Gasteiger partial charge is 0.328 e. The van der Waals surface area contributed by atoms with Crippen LogP contribution in [0.15, 0.2) is 33.6 Å². The lowest BCUT2D eigenvalue weighted by atomic mass is 10.3. The van der Waals surface area contributed by atoms with Gasteiger partial charge in [-0.05, 0) is 43.4 Å². The molecule has 1 aromatic rings. The van der Waals surface area contributed by atoms with Crippen molar-refractivity contribution in [3.05, 3.63) is 28.7 Å². The maximum atomic E-state index is 12.0. The van der Waals surface area contributed by atoms with Crippen LogP contribution in [-0.2, 0) is 9.84 Å². The third-order valence-corrected chi connectivity index (χ3v) is 5.92. The number of rotatable bonds is 7. The van der Waals surface area contributed by atoms with E-state index in [4.69, 9.17) is 5.73 Å². The number of hydrogen-bond donors (Lipinski definition) is 1. The fourth-order valence-electron chi connectivity index (χ4n) is 1.30. The van der Waals surface area contributed by atoms with E-state index in [1.165, 1.54) is 0 Å². The molecule has 18 heavy (non-hydrogen) atoms. The second-order valence-electron chi connectivity index (χ2n) is 4.15. The average Bonchev–Trinajstić information content (AvgIpc) is 2.28. The number of nitrogens with two attached hydrogens (primary N) is 1. The van der Waals surface area contributed by atoms with Crippen molar-refractivity contribution in [1.29, 1.82) is 0 Å². The maximum Gasteiger partial charge on any atom is 0.179 e. The molecule has 6 heteroatoms. The summed E-state index contributed by atoms with van der Waals surface area (Å²) in [6.45, 7) is 1.96. The average molecular weight is 352 g/mol. The number of hydrogen-bond acceptors (Lipinski definition) is 4. The Morgan fingerprint density at radius 1 is 1.28 bits per heavy atom. The molecular weight excluding hydrogens is 334 g/mol. The number of halogens is 1. The Bertz CT molecular complexity index is 457. The van der Waals surface area contributed by atoms with E-state index in [1.54, 1.807) is 36.0 Å². The predicted octanol–water partition coefficient (Wildman–Crippen LogP) is 2.69. The zero-order valence-electron chi connectivity index (χ0n) is 10.3. The van der Waals surface area contributed by atoms with Gasteiger partial charge in [-0.1, -0.05) is 15.9 Å². The predicted molar refractivity (Wildman–Crippen MR) is 81.8 cm³/mol. The van der Waals surface area contributed by atoms with E-state index in [0.29, 0.717) is 10.6 Å². The SMILES string of the molecule is CC(N)CCSCCS(=O)(=O)c1ccc(Br)cc1. The van der Waals surface area contributed by atoms with E-state index in [1.807, 2.05) is 6.92 Å². The molecule has 102 valence electrons. The van der Waals surface area contributed by atoms with Crippen LogP contribution in [0.25, 0.3) is 0 Å². The Labute approximate surface area is 122 Å². The molecule has 0 aliphatic heterocycles. The highest BCUT2D eigenvalue weighted by Crippen LogP contribution is 2.17. The fraction of sp³-hybridized carbons (Fsp3) is 0.500. The van der Waals surface area contributed by atoms with Crippen LogP contribution in [0.3, 0.4) is 0 Å². The molecule has 0 radical (unpaired) electrons. The lowest BCUT2D eigenvalue weighted by Crippen LogP contribution is -2.16. The lowest BCUT2D eigenvalue weighted by Gasteiger charge is -2.06.